The summed E-state index contributed by atoms with van der Waals surface area (Å²) in [5.41, 5.74) is 11.2. The highest BCUT2D eigenvalue weighted by Gasteiger charge is 2.67. The number of fused-ring (bicyclic) bond motifs is 5. The average molecular weight is 751 g/mol. The van der Waals surface area contributed by atoms with E-state index >= 15 is 0 Å². The fourth-order valence-corrected chi connectivity index (χ4v) is 11.5. The van der Waals surface area contributed by atoms with Gasteiger partial charge in [0.15, 0.2) is 0 Å². The number of carbonyl (C=O) groups excluding carboxylic acids is 4. The molecule has 0 saturated heterocycles. The molecule has 0 bridgehead atoms. The first-order valence-electron chi connectivity index (χ1n) is 21.5. The van der Waals surface area contributed by atoms with Crippen LogP contribution >= 0.6 is 0 Å². The molecule has 0 spiro atoms. The van der Waals surface area contributed by atoms with Crippen molar-refractivity contribution >= 4 is 23.9 Å². The molecule has 0 aliphatic heterocycles. The highest BCUT2D eigenvalue weighted by atomic mass is 16.6. The normalized spacial score (nSPS) is 33.9. The van der Waals surface area contributed by atoms with Gasteiger partial charge in [-0.15, -0.1) is 0 Å². The minimum Gasteiger partial charge on any atom is -0.466 e. The topological polar surface area (TPSA) is 188 Å². The zero-order valence-electron chi connectivity index (χ0n) is 33.8. The molecule has 11 atom stereocenters. The van der Waals surface area contributed by atoms with Crippen molar-refractivity contribution in [3.63, 3.8) is 0 Å². The zero-order valence-corrected chi connectivity index (χ0v) is 33.8. The second kappa shape index (κ2) is 20.6. The molecule has 0 heterocycles. The van der Waals surface area contributed by atoms with Gasteiger partial charge < -0.3 is 36.1 Å². The third kappa shape index (κ3) is 10.7. The molecule has 0 radical (unpaired) electrons. The second-order valence-electron chi connectivity index (χ2n) is 17.6. The maximum atomic E-state index is 13.3. The Bertz CT molecular complexity index is 1200. The fraction of sp³-hybridized carbons (Fsp3) is 0.905. The molecule has 4 fully saturated rings. The van der Waals surface area contributed by atoms with Gasteiger partial charge in [-0.1, -0.05) is 66.2 Å². The number of esters is 4. The van der Waals surface area contributed by atoms with Crippen molar-refractivity contribution in [3.8, 4) is 0 Å². The number of quaternary nitrogens is 3. The lowest BCUT2D eigenvalue weighted by Gasteiger charge is -2.64. The molecule has 4 aliphatic rings. The first kappa shape index (κ1) is 43.5. The van der Waals surface area contributed by atoms with Crippen molar-refractivity contribution in [1.82, 2.24) is 0 Å². The first-order valence-corrected chi connectivity index (χ1v) is 21.5. The summed E-state index contributed by atoms with van der Waals surface area (Å²) < 4.78 is 24.6. The molecule has 0 aromatic heterocycles. The number of ether oxygens (including phenoxy) is 4. The molecule has 0 unspecified atom stereocenters. The van der Waals surface area contributed by atoms with Crippen LogP contribution in [0.5, 0.6) is 0 Å². The van der Waals surface area contributed by atoms with Crippen LogP contribution in [0, 0.1) is 46.3 Å². The van der Waals surface area contributed by atoms with E-state index in [1.807, 2.05) is 0 Å². The van der Waals surface area contributed by atoms with Crippen molar-refractivity contribution in [2.75, 3.05) is 26.2 Å². The number of unbranched alkanes of at least 4 members (excludes halogenated alkanes) is 6. The second-order valence-corrected chi connectivity index (χ2v) is 17.6. The predicted molar refractivity (Wildman–Crippen MR) is 200 cm³/mol. The molecule has 4 rings (SSSR count). The zero-order chi connectivity index (χ0) is 38.6. The van der Waals surface area contributed by atoms with E-state index in [2.05, 4.69) is 44.9 Å². The van der Waals surface area contributed by atoms with E-state index in [1.165, 1.54) is 32.1 Å². The Morgan fingerprint density at radius 1 is 0.698 bits per heavy atom. The molecular formula is C42H76N3O8+3. The molecule has 4 saturated carbocycles. The Kier molecular flexibility index (Phi) is 16.9. The Morgan fingerprint density at radius 3 is 1.98 bits per heavy atom. The van der Waals surface area contributed by atoms with E-state index in [9.17, 15) is 19.2 Å². The number of carbonyl (C=O) groups is 4. The summed E-state index contributed by atoms with van der Waals surface area (Å²) in [7, 11) is 0. The van der Waals surface area contributed by atoms with Gasteiger partial charge in [0.1, 0.15) is 18.3 Å². The molecule has 0 aromatic rings. The van der Waals surface area contributed by atoms with Crippen LogP contribution in [0.1, 0.15) is 150 Å². The standard InChI is InChI=1S/C42H73N3O8/c1-5-6-7-8-9-10-11-24-50-36(46)15-12-28(2)31-13-14-32-40-33(27-35(42(31,32)4)53-39(49)19-23-45)41(3)20-16-30(51-37(47)17-21-43)25-29(41)26-34(40)52-38(48)18-22-44/h28-35,40H,5-27,43-45H2,1-4H3/p+3/t28-,29+,30-,31-,32+,33+,34-,35+,40+,41+,42-/m1/s1. The van der Waals surface area contributed by atoms with E-state index in [1.54, 1.807) is 0 Å². The van der Waals surface area contributed by atoms with Gasteiger partial charge in [-0.25, -0.2) is 0 Å². The van der Waals surface area contributed by atoms with Gasteiger partial charge in [0.05, 0.1) is 45.5 Å². The molecule has 9 N–H and O–H groups in total. The van der Waals surface area contributed by atoms with Crippen LogP contribution in [-0.4, -0.2) is 68.4 Å². The predicted octanol–water partition coefficient (Wildman–Crippen LogP) is 4.21. The summed E-state index contributed by atoms with van der Waals surface area (Å²) in [6, 6.07) is 0. The van der Waals surface area contributed by atoms with Crippen LogP contribution in [0.2, 0.25) is 0 Å². The third-order valence-electron chi connectivity index (χ3n) is 14.3. The van der Waals surface area contributed by atoms with Gasteiger partial charge in [-0.2, -0.15) is 0 Å². The maximum absolute atomic E-state index is 13.3. The van der Waals surface area contributed by atoms with Crippen LogP contribution < -0.4 is 17.2 Å². The summed E-state index contributed by atoms with van der Waals surface area (Å²) in [6.45, 7) is 11.2. The van der Waals surface area contributed by atoms with Gasteiger partial charge >= 0.3 is 23.9 Å². The minimum atomic E-state index is -0.333. The van der Waals surface area contributed by atoms with Gasteiger partial charge in [0, 0.05) is 17.8 Å². The van der Waals surface area contributed by atoms with Gasteiger partial charge in [0.2, 0.25) is 0 Å². The van der Waals surface area contributed by atoms with E-state index < -0.39 is 0 Å². The quantitative estimate of drug-likeness (QED) is 0.0884. The number of hydrogen-bond acceptors (Lipinski definition) is 8. The van der Waals surface area contributed by atoms with Crippen LogP contribution in [0.25, 0.3) is 0 Å². The largest absolute Gasteiger partial charge is 0.466 e. The Balaban J connectivity index is 1.53. The molecule has 0 aromatic carbocycles. The molecule has 11 heteroatoms. The van der Waals surface area contributed by atoms with Gasteiger partial charge in [-0.05, 0) is 92.8 Å². The molecule has 4 aliphatic carbocycles. The van der Waals surface area contributed by atoms with Crippen molar-refractivity contribution in [3.05, 3.63) is 0 Å². The lowest BCUT2D eigenvalue weighted by molar-refractivity contribution is -0.367. The molecular weight excluding hydrogens is 674 g/mol. The van der Waals surface area contributed by atoms with Crippen molar-refractivity contribution < 1.29 is 55.3 Å². The Hall–Kier alpha value is -2.24. The summed E-state index contributed by atoms with van der Waals surface area (Å²) >= 11 is 0. The van der Waals surface area contributed by atoms with E-state index in [0.29, 0.717) is 45.5 Å². The summed E-state index contributed by atoms with van der Waals surface area (Å²) in [5, 5.41) is 0. The first-order chi connectivity index (χ1) is 25.4. The van der Waals surface area contributed by atoms with E-state index in [0.717, 1.165) is 57.8 Å². The lowest BCUT2D eigenvalue weighted by atomic mass is 9.43. The fourth-order valence-electron chi connectivity index (χ4n) is 11.5. The summed E-state index contributed by atoms with van der Waals surface area (Å²) in [6.07, 6.45) is 15.4. The maximum Gasteiger partial charge on any atom is 0.311 e. The lowest BCUT2D eigenvalue weighted by Crippen LogP contribution is -2.63. The smallest absolute Gasteiger partial charge is 0.311 e. The monoisotopic (exact) mass is 751 g/mol. The van der Waals surface area contributed by atoms with Gasteiger partial charge in [-0.3, -0.25) is 19.2 Å². The molecule has 0 amide bonds. The van der Waals surface area contributed by atoms with Crippen LogP contribution in [0.3, 0.4) is 0 Å². The van der Waals surface area contributed by atoms with Crippen LogP contribution in [0.15, 0.2) is 0 Å². The van der Waals surface area contributed by atoms with Gasteiger partial charge in [0.25, 0.3) is 0 Å². The molecule has 53 heavy (non-hydrogen) atoms. The average Bonchev–Trinajstić information content (AvgIpc) is 3.47. The SMILES string of the molecule is CCCCCCCCCOC(=O)CC[C@@H](C)[C@H]1CC[C@H]2[C@@H]3[C@H](OC(=O)CC[NH3+])C[C@@H]4C[C@H](OC(=O)CC[NH3+])CC[C@]4(C)[C@H]3C[C@H](OC(=O)CC[NH3+])[C@]12C. The van der Waals surface area contributed by atoms with Crippen LogP contribution in [0.4, 0.5) is 0 Å². The van der Waals surface area contributed by atoms with Crippen molar-refractivity contribution in [1.29, 1.82) is 0 Å². The van der Waals surface area contributed by atoms with E-state index in [-0.39, 0.29) is 101 Å². The van der Waals surface area contributed by atoms with Crippen LogP contribution in [-0.2, 0) is 38.1 Å². The molecule has 304 valence electrons. The van der Waals surface area contributed by atoms with Crippen molar-refractivity contribution in [2.24, 2.45) is 46.3 Å². The van der Waals surface area contributed by atoms with E-state index in [4.69, 9.17) is 18.9 Å². The Morgan fingerprint density at radius 2 is 1.32 bits per heavy atom. The highest BCUT2D eigenvalue weighted by Crippen LogP contribution is 2.69. The number of hydrogen-bond donors (Lipinski definition) is 3. The highest BCUT2D eigenvalue weighted by molar-refractivity contribution is 5.70. The molecule has 11 nitrogen and oxygen atoms in total. The third-order valence-corrected chi connectivity index (χ3v) is 14.3. The Labute approximate surface area is 319 Å². The summed E-state index contributed by atoms with van der Waals surface area (Å²) in [4.78, 5) is 51.8. The number of rotatable bonds is 21. The van der Waals surface area contributed by atoms with Crippen molar-refractivity contribution in [2.45, 2.75) is 168 Å². The summed E-state index contributed by atoms with van der Waals surface area (Å²) in [5.74, 6) is 0.456. The minimum absolute atomic E-state index is 0.0730.